The quantitative estimate of drug-likeness (QED) is 0.295. The van der Waals surface area contributed by atoms with Gasteiger partial charge < -0.3 is 0 Å². The van der Waals surface area contributed by atoms with Crippen LogP contribution < -0.4 is 0 Å². The van der Waals surface area contributed by atoms with Crippen molar-refractivity contribution in [1.82, 2.24) is 0 Å². The van der Waals surface area contributed by atoms with Crippen LogP contribution in [0.4, 0.5) is 0 Å². The molecule has 0 aromatic heterocycles. The van der Waals surface area contributed by atoms with Crippen molar-refractivity contribution in [2.24, 2.45) is 0 Å². The lowest BCUT2D eigenvalue weighted by Gasteiger charge is -1.99. The van der Waals surface area contributed by atoms with Crippen molar-refractivity contribution in [3.63, 3.8) is 0 Å². The van der Waals surface area contributed by atoms with Gasteiger partial charge in [-0.15, -0.1) is 0 Å². The number of rotatable bonds is 0. The van der Waals surface area contributed by atoms with E-state index in [1.54, 1.807) is 0 Å². The van der Waals surface area contributed by atoms with E-state index in [1.165, 1.54) is 34.1 Å². The van der Waals surface area contributed by atoms with Crippen molar-refractivity contribution in [1.29, 1.82) is 0 Å². The summed E-state index contributed by atoms with van der Waals surface area (Å²) in [7, 11) is 4.41. The van der Waals surface area contributed by atoms with Crippen molar-refractivity contribution in [3.05, 3.63) is 0 Å². The molecule has 0 aromatic carbocycles. The summed E-state index contributed by atoms with van der Waals surface area (Å²) in [6.45, 7) is 0. The van der Waals surface area contributed by atoms with E-state index in [-0.39, 0.29) is 0 Å². The number of hydrogen-bond acceptors (Lipinski definition) is 1. The largest absolute Gasteiger partial charge is 0.282 e. The second-order valence-electron chi connectivity index (χ2n) is 1.67. The van der Waals surface area contributed by atoms with E-state index >= 15 is 0 Å². The summed E-state index contributed by atoms with van der Waals surface area (Å²) in [5.41, 5.74) is 0. The molecule has 1 aliphatic rings. The van der Waals surface area contributed by atoms with Gasteiger partial charge in [0.25, 0.3) is 0 Å². The Kier molecular flexibility index (Phi) is 2.24. The molecule has 0 nitrogen and oxygen atoms in total. The summed E-state index contributed by atoms with van der Waals surface area (Å²) in [4.78, 5) is 0. The van der Waals surface area contributed by atoms with Crippen LogP contribution in [0.2, 0.25) is 0 Å². The highest BCUT2D eigenvalue weighted by Crippen LogP contribution is 1.91. The zero-order valence-electron chi connectivity index (χ0n) is 3.94. The van der Waals surface area contributed by atoms with Gasteiger partial charge in [-0.05, 0) is 0 Å². The van der Waals surface area contributed by atoms with E-state index < -0.39 is 0 Å². The lowest BCUT2D eigenvalue weighted by atomic mass is 9.07. The zero-order chi connectivity index (χ0) is 4.24. The molecule has 0 bridgehead atoms. The molecule has 6 heavy (non-hydrogen) atoms. The SMILES string of the molecule is B1BBSBB1. The van der Waals surface area contributed by atoms with E-state index in [1.807, 2.05) is 0 Å². The Labute approximate surface area is 46.2 Å². The third-order valence-corrected chi connectivity index (χ3v) is 2.23. The van der Waals surface area contributed by atoms with Crippen molar-refractivity contribution in [2.75, 3.05) is 0 Å². The summed E-state index contributed by atoms with van der Waals surface area (Å²) in [6, 6.07) is 0. The predicted molar refractivity (Wildman–Crippen MR) is 43.3 cm³/mol. The van der Waals surface area contributed by atoms with E-state index in [0.717, 1.165) is 0 Å². The van der Waals surface area contributed by atoms with E-state index in [9.17, 15) is 0 Å². The topological polar surface area (TPSA) is 0 Å². The first-order chi connectivity index (χ1) is 3.00. The Balaban J connectivity index is 2.00. The lowest BCUT2D eigenvalue weighted by molar-refractivity contribution is 3.91. The molecule has 1 fully saturated rings. The fraction of sp³-hybridized carbons (Fsp3) is 0. The third-order valence-electron chi connectivity index (χ3n) is 1.08. The zero-order valence-corrected chi connectivity index (χ0v) is 4.76. The molecule has 6 heteroatoms. The van der Waals surface area contributed by atoms with Crippen LogP contribution in [0.5, 0.6) is 0 Å². The summed E-state index contributed by atoms with van der Waals surface area (Å²) >= 11 is 2.09. The molecule has 0 spiro atoms. The van der Waals surface area contributed by atoms with Crippen LogP contribution in [-0.2, 0) is 0 Å². The average molecular weight is 91.2 g/mol. The molecule has 0 radical (unpaired) electrons. The molecule has 0 atom stereocenters. The molecule has 26 valence electrons. The highest BCUT2D eigenvalue weighted by atomic mass is 32.2. The molecule has 0 saturated carbocycles. The van der Waals surface area contributed by atoms with Crippen LogP contribution in [0.1, 0.15) is 0 Å². The molecular formula is H5B5S. The first-order valence-corrected chi connectivity index (χ1v) is 3.73. The van der Waals surface area contributed by atoms with Crippen molar-refractivity contribution in [3.8, 4) is 0 Å². The van der Waals surface area contributed by atoms with Crippen LogP contribution in [-0.4, -0.2) is 34.1 Å². The Morgan fingerprint density at radius 2 is 1.50 bits per heavy atom. The lowest BCUT2D eigenvalue weighted by Crippen LogP contribution is -2.27. The van der Waals surface area contributed by atoms with Crippen molar-refractivity contribution in [2.45, 2.75) is 0 Å². The van der Waals surface area contributed by atoms with Gasteiger partial charge in [-0.25, -0.2) is 0 Å². The Hall–Kier alpha value is 0.675. The second kappa shape index (κ2) is 2.78. The standard InChI is InChI=1S/B5H5S/c1-2-4-6-5-3-1/h1-5H. The normalized spacial score (nSPS) is 17.3. The fourth-order valence-corrected chi connectivity index (χ4v) is 1.71. The van der Waals surface area contributed by atoms with E-state index in [4.69, 9.17) is 0 Å². The van der Waals surface area contributed by atoms with E-state index in [0.29, 0.717) is 0 Å². The van der Waals surface area contributed by atoms with Gasteiger partial charge in [0, 0.05) is 7.06 Å². The molecule has 0 N–H and O–H groups in total. The van der Waals surface area contributed by atoms with Gasteiger partial charge in [0.1, 0.15) is 12.9 Å². The molecule has 0 unspecified atom stereocenters. The Bertz CT molecular complexity index is 19.4. The summed E-state index contributed by atoms with van der Waals surface area (Å²) < 4.78 is 0. The molecule has 1 aliphatic heterocycles. The fourth-order valence-electron chi connectivity index (χ4n) is 0.687. The highest BCUT2D eigenvalue weighted by molar-refractivity contribution is 8.49. The molecule has 0 amide bonds. The van der Waals surface area contributed by atoms with Gasteiger partial charge in [-0.2, -0.15) is 0 Å². The highest BCUT2D eigenvalue weighted by Gasteiger charge is 2.03. The summed E-state index contributed by atoms with van der Waals surface area (Å²) in [5.74, 6) is 0. The van der Waals surface area contributed by atoms with Gasteiger partial charge in [-0.1, -0.05) is 0 Å². The Morgan fingerprint density at radius 3 is 1.67 bits per heavy atom. The molecule has 0 aromatic rings. The van der Waals surface area contributed by atoms with Gasteiger partial charge in [-0.3, -0.25) is 11.5 Å². The minimum Gasteiger partial charge on any atom is -0.282 e. The molecule has 0 aliphatic carbocycles. The molecule has 1 rings (SSSR count). The van der Waals surface area contributed by atoms with Crippen LogP contribution in [0.3, 0.4) is 0 Å². The minimum atomic E-state index is 1.42. The molecule has 1 heterocycles. The van der Waals surface area contributed by atoms with Gasteiger partial charge in [0.05, 0.1) is 14.1 Å². The maximum atomic E-state index is 2.09. The van der Waals surface area contributed by atoms with Crippen LogP contribution >= 0.6 is 11.5 Å². The molecular weight excluding hydrogens is 86.1 g/mol. The van der Waals surface area contributed by atoms with Gasteiger partial charge in [0.15, 0.2) is 0 Å². The monoisotopic (exact) mass is 92.1 g/mol. The maximum absolute atomic E-state index is 2.09. The first-order valence-electron chi connectivity index (χ1n) is 2.58. The summed E-state index contributed by atoms with van der Waals surface area (Å²) in [6.07, 6.45) is 2.83. The van der Waals surface area contributed by atoms with Crippen LogP contribution in [0, 0.1) is 0 Å². The first kappa shape index (κ1) is 4.82. The maximum Gasteiger partial charge on any atom is 0.131 e. The third kappa shape index (κ3) is 1.42. The molecule has 1 saturated heterocycles. The van der Waals surface area contributed by atoms with Gasteiger partial charge >= 0.3 is 0 Å². The Morgan fingerprint density at radius 1 is 0.833 bits per heavy atom. The van der Waals surface area contributed by atoms with Crippen LogP contribution in [0.25, 0.3) is 0 Å². The van der Waals surface area contributed by atoms with Gasteiger partial charge in [0.2, 0.25) is 0 Å². The van der Waals surface area contributed by atoms with Crippen LogP contribution in [0.15, 0.2) is 0 Å². The van der Waals surface area contributed by atoms with Crippen molar-refractivity contribution < 1.29 is 0 Å². The average Bonchev–Trinajstić information content (AvgIpc) is 1.72. The summed E-state index contributed by atoms with van der Waals surface area (Å²) in [5, 5.41) is 0. The van der Waals surface area contributed by atoms with Crippen molar-refractivity contribution >= 4 is 45.5 Å². The minimum absolute atomic E-state index is 1.42. The smallest absolute Gasteiger partial charge is 0.131 e. The van der Waals surface area contributed by atoms with E-state index in [2.05, 4.69) is 11.5 Å². The number of hydrogen-bond donors (Lipinski definition) is 0. The second-order valence-corrected chi connectivity index (χ2v) is 2.90. The predicted octanol–water partition coefficient (Wildman–Crippen LogP) is -2.59.